The quantitative estimate of drug-likeness (QED) is 0.798. The van der Waals surface area contributed by atoms with Crippen LogP contribution in [0.15, 0.2) is 30.9 Å². The van der Waals surface area contributed by atoms with Gasteiger partial charge in [0.2, 0.25) is 11.2 Å². The lowest BCUT2D eigenvalue weighted by Crippen LogP contribution is -2.07. The largest absolute Gasteiger partial charge is 0.321 e. The topological polar surface area (TPSA) is 81.4 Å². The van der Waals surface area contributed by atoms with Gasteiger partial charge in [0.05, 0.1) is 5.69 Å². The molecule has 0 saturated heterocycles. The summed E-state index contributed by atoms with van der Waals surface area (Å²) >= 11 is 5.77. The van der Waals surface area contributed by atoms with E-state index in [2.05, 4.69) is 30.4 Å². The molecule has 10 heteroatoms. The molecule has 0 aliphatic rings. The Balaban J connectivity index is 1.97. The molecule has 1 N–H and O–H groups in total. The number of halogens is 3. The maximum Gasteiger partial charge on any atom is 0.258 e. The zero-order chi connectivity index (χ0) is 14.8. The van der Waals surface area contributed by atoms with Gasteiger partial charge in [0, 0.05) is 6.07 Å². The Morgan fingerprint density at radius 1 is 1.14 bits per heavy atom. The van der Waals surface area contributed by atoms with Gasteiger partial charge in [-0.2, -0.15) is 24.7 Å². The average molecular weight is 310 g/mol. The molecule has 0 saturated carbocycles. The molecular formula is C11H6ClF2N7. The molecule has 2 heterocycles. The third-order valence-corrected chi connectivity index (χ3v) is 2.56. The molecule has 7 nitrogen and oxygen atoms in total. The van der Waals surface area contributed by atoms with Gasteiger partial charge in [-0.05, 0) is 23.7 Å². The van der Waals surface area contributed by atoms with Gasteiger partial charge >= 0.3 is 0 Å². The van der Waals surface area contributed by atoms with Crippen molar-refractivity contribution in [2.45, 2.75) is 0 Å². The Kier molecular flexibility index (Phi) is 3.40. The van der Waals surface area contributed by atoms with Crippen molar-refractivity contribution in [3.63, 3.8) is 0 Å². The molecule has 0 spiro atoms. The SMILES string of the molecule is Fc1ccc(F)c(Nc2nc(Cl)nc(-n3cncn3)n2)c1. The molecule has 0 aliphatic heterocycles. The monoisotopic (exact) mass is 309 g/mol. The molecule has 2 aromatic heterocycles. The van der Waals surface area contributed by atoms with E-state index in [1.165, 1.54) is 17.3 Å². The number of benzene rings is 1. The molecular weight excluding hydrogens is 304 g/mol. The van der Waals surface area contributed by atoms with E-state index in [1.54, 1.807) is 0 Å². The van der Waals surface area contributed by atoms with Gasteiger partial charge in [0.15, 0.2) is 0 Å². The first-order valence-electron chi connectivity index (χ1n) is 5.60. The molecule has 0 unspecified atom stereocenters. The van der Waals surface area contributed by atoms with Gasteiger partial charge in [0.1, 0.15) is 24.3 Å². The molecule has 3 aromatic rings. The fourth-order valence-corrected chi connectivity index (χ4v) is 1.68. The third-order valence-electron chi connectivity index (χ3n) is 2.39. The minimum absolute atomic E-state index is 0.0509. The molecule has 0 fully saturated rings. The number of nitrogens with one attached hydrogen (secondary N) is 1. The highest BCUT2D eigenvalue weighted by Crippen LogP contribution is 2.19. The van der Waals surface area contributed by atoms with Crippen molar-refractivity contribution >= 4 is 23.2 Å². The standard InChI is InChI=1S/C11H6ClF2N7/c12-9-18-10(17-8-3-6(13)1-2-7(8)14)20-11(19-9)21-5-15-4-16-21/h1-5H,(H,17,18,19,20). The summed E-state index contributed by atoms with van der Waals surface area (Å²) < 4.78 is 27.9. The van der Waals surface area contributed by atoms with Gasteiger partial charge in [-0.15, -0.1) is 0 Å². The number of hydrogen-bond acceptors (Lipinski definition) is 6. The van der Waals surface area contributed by atoms with Crippen molar-refractivity contribution < 1.29 is 8.78 Å². The molecule has 0 aliphatic carbocycles. The predicted molar refractivity (Wildman–Crippen MR) is 69.4 cm³/mol. The van der Waals surface area contributed by atoms with E-state index in [-0.39, 0.29) is 22.9 Å². The van der Waals surface area contributed by atoms with Gasteiger partial charge in [-0.3, -0.25) is 0 Å². The summed E-state index contributed by atoms with van der Waals surface area (Å²) in [5, 5.41) is 6.24. The number of aromatic nitrogens is 6. The second kappa shape index (κ2) is 5.37. The van der Waals surface area contributed by atoms with Gasteiger partial charge in [-0.1, -0.05) is 0 Å². The molecule has 0 atom stereocenters. The molecule has 3 rings (SSSR count). The summed E-state index contributed by atoms with van der Waals surface area (Å²) in [6.07, 6.45) is 2.65. The average Bonchev–Trinajstić information content (AvgIpc) is 2.96. The van der Waals surface area contributed by atoms with Crippen LogP contribution >= 0.6 is 11.6 Å². The normalized spacial score (nSPS) is 10.6. The predicted octanol–water partition coefficient (Wildman–Crippen LogP) is 2.13. The summed E-state index contributed by atoms with van der Waals surface area (Å²) in [6, 6.07) is 2.96. The van der Waals surface area contributed by atoms with Crippen LogP contribution < -0.4 is 5.32 Å². The van der Waals surface area contributed by atoms with Crippen molar-refractivity contribution in [3.05, 3.63) is 47.8 Å². The van der Waals surface area contributed by atoms with Crippen molar-refractivity contribution in [1.29, 1.82) is 0 Å². The minimum atomic E-state index is -0.657. The Hall–Kier alpha value is -2.68. The zero-order valence-electron chi connectivity index (χ0n) is 10.2. The molecule has 106 valence electrons. The first kappa shape index (κ1) is 13.3. The fraction of sp³-hybridized carbons (Fsp3) is 0. The maximum atomic E-state index is 13.6. The Labute approximate surface area is 121 Å². The van der Waals surface area contributed by atoms with Crippen LogP contribution in [0, 0.1) is 11.6 Å². The molecule has 1 aromatic carbocycles. The van der Waals surface area contributed by atoms with Crippen molar-refractivity contribution in [3.8, 4) is 5.95 Å². The van der Waals surface area contributed by atoms with E-state index in [0.717, 1.165) is 18.2 Å². The smallest absolute Gasteiger partial charge is 0.258 e. The summed E-state index contributed by atoms with van der Waals surface area (Å²) in [4.78, 5) is 15.4. The number of nitrogens with zero attached hydrogens (tertiary/aromatic N) is 6. The van der Waals surface area contributed by atoms with Crippen LogP contribution in [0.5, 0.6) is 0 Å². The van der Waals surface area contributed by atoms with E-state index < -0.39 is 11.6 Å². The first-order chi connectivity index (χ1) is 10.1. The van der Waals surface area contributed by atoms with Crippen LogP contribution in [-0.2, 0) is 0 Å². The van der Waals surface area contributed by atoms with Gasteiger partial charge < -0.3 is 5.32 Å². The highest BCUT2D eigenvalue weighted by atomic mass is 35.5. The second-order valence-corrected chi connectivity index (χ2v) is 4.16. The Morgan fingerprint density at radius 3 is 2.76 bits per heavy atom. The van der Waals surface area contributed by atoms with Crippen LogP contribution in [0.4, 0.5) is 20.4 Å². The van der Waals surface area contributed by atoms with Gasteiger partial charge in [0.25, 0.3) is 5.95 Å². The Morgan fingerprint density at radius 2 is 2.00 bits per heavy atom. The summed E-state index contributed by atoms with van der Waals surface area (Å²) in [6.45, 7) is 0. The van der Waals surface area contributed by atoms with Crippen LogP contribution in [-0.4, -0.2) is 29.7 Å². The van der Waals surface area contributed by atoms with E-state index in [4.69, 9.17) is 11.6 Å². The van der Waals surface area contributed by atoms with Crippen molar-refractivity contribution in [2.24, 2.45) is 0 Å². The van der Waals surface area contributed by atoms with Gasteiger partial charge in [-0.25, -0.2) is 13.8 Å². The number of rotatable bonds is 3. The van der Waals surface area contributed by atoms with E-state index in [1.807, 2.05) is 0 Å². The van der Waals surface area contributed by atoms with E-state index in [9.17, 15) is 8.78 Å². The van der Waals surface area contributed by atoms with E-state index >= 15 is 0 Å². The minimum Gasteiger partial charge on any atom is -0.321 e. The second-order valence-electron chi connectivity index (χ2n) is 3.82. The summed E-state index contributed by atoms with van der Waals surface area (Å²) in [5.74, 6) is -1.22. The summed E-state index contributed by atoms with van der Waals surface area (Å²) in [7, 11) is 0. The first-order valence-corrected chi connectivity index (χ1v) is 5.98. The zero-order valence-corrected chi connectivity index (χ0v) is 11.0. The number of hydrogen-bond donors (Lipinski definition) is 1. The lowest BCUT2D eigenvalue weighted by atomic mass is 10.3. The molecule has 0 bridgehead atoms. The van der Waals surface area contributed by atoms with Crippen molar-refractivity contribution in [1.82, 2.24) is 29.7 Å². The lowest BCUT2D eigenvalue weighted by molar-refractivity contribution is 0.603. The van der Waals surface area contributed by atoms with Crippen LogP contribution in [0.25, 0.3) is 5.95 Å². The van der Waals surface area contributed by atoms with Crippen LogP contribution in [0.3, 0.4) is 0 Å². The number of anilines is 2. The lowest BCUT2D eigenvalue weighted by Gasteiger charge is -2.07. The molecule has 0 amide bonds. The van der Waals surface area contributed by atoms with Crippen molar-refractivity contribution in [2.75, 3.05) is 5.32 Å². The highest BCUT2D eigenvalue weighted by Gasteiger charge is 2.10. The fourth-order valence-electron chi connectivity index (χ4n) is 1.52. The Bertz CT molecular complexity index is 778. The summed E-state index contributed by atoms with van der Waals surface area (Å²) in [5.41, 5.74) is -0.123. The van der Waals surface area contributed by atoms with E-state index in [0.29, 0.717) is 0 Å². The molecule has 21 heavy (non-hydrogen) atoms. The highest BCUT2D eigenvalue weighted by molar-refractivity contribution is 6.28. The maximum absolute atomic E-state index is 13.6. The third kappa shape index (κ3) is 2.92. The molecule has 0 radical (unpaired) electrons. The van der Waals surface area contributed by atoms with Crippen LogP contribution in [0.1, 0.15) is 0 Å². The van der Waals surface area contributed by atoms with Crippen LogP contribution in [0.2, 0.25) is 5.28 Å².